The highest BCUT2D eigenvalue weighted by molar-refractivity contribution is 9.10. The van der Waals surface area contributed by atoms with Crippen LogP contribution >= 0.6 is 15.9 Å². The number of aryl methyl sites for hydroxylation is 1. The minimum Gasteiger partial charge on any atom is -0.497 e. The van der Waals surface area contributed by atoms with Gasteiger partial charge < -0.3 is 9.47 Å². The van der Waals surface area contributed by atoms with Crippen molar-refractivity contribution in [2.75, 3.05) is 13.7 Å². The number of nitrogens with one attached hydrogen (secondary N) is 1. The Morgan fingerprint density at radius 2 is 1.79 bits per heavy atom. The Bertz CT molecular complexity index is 1320. The van der Waals surface area contributed by atoms with E-state index < -0.39 is 16.1 Å². The van der Waals surface area contributed by atoms with Crippen LogP contribution in [0, 0.1) is 6.92 Å². The first kappa shape index (κ1) is 24.4. The van der Waals surface area contributed by atoms with Crippen LogP contribution in [0.25, 0.3) is 0 Å². The maximum atomic E-state index is 13.3. The zero-order valence-corrected chi connectivity index (χ0v) is 21.8. The molecule has 0 fully saturated rings. The van der Waals surface area contributed by atoms with Gasteiger partial charge in [0, 0.05) is 10.7 Å². The number of hydrogen-bond donors (Lipinski definition) is 1. The summed E-state index contributed by atoms with van der Waals surface area (Å²) in [6.07, 6.45) is 1.65. The van der Waals surface area contributed by atoms with Gasteiger partial charge in [-0.2, -0.15) is 4.72 Å². The van der Waals surface area contributed by atoms with Crippen molar-refractivity contribution < 1.29 is 17.9 Å². The number of pyridine rings is 1. The molecule has 2 heterocycles. The molecular formula is C25H26BrN3O4S. The van der Waals surface area contributed by atoms with Crippen LogP contribution in [0.3, 0.4) is 0 Å². The fourth-order valence-corrected chi connectivity index (χ4v) is 5.30. The van der Waals surface area contributed by atoms with Crippen molar-refractivity contribution >= 4 is 31.9 Å². The van der Waals surface area contributed by atoms with Gasteiger partial charge in [-0.05, 0) is 72.6 Å². The summed E-state index contributed by atoms with van der Waals surface area (Å²) in [7, 11) is -2.25. The number of rotatable bonds is 7. The van der Waals surface area contributed by atoms with Crippen molar-refractivity contribution in [1.82, 2.24) is 9.71 Å². The largest absolute Gasteiger partial charge is 0.497 e. The van der Waals surface area contributed by atoms with E-state index in [9.17, 15) is 8.42 Å². The molecule has 0 spiro atoms. The third kappa shape index (κ3) is 5.32. The summed E-state index contributed by atoms with van der Waals surface area (Å²) in [6.45, 7) is 6.39. The van der Waals surface area contributed by atoms with Crippen molar-refractivity contribution in [2.24, 2.45) is 4.99 Å². The van der Waals surface area contributed by atoms with E-state index in [-0.39, 0.29) is 10.4 Å². The summed E-state index contributed by atoms with van der Waals surface area (Å²) in [6, 6.07) is 15.0. The fourth-order valence-electron chi connectivity index (χ4n) is 3.53. The van der Waals surface area contributed by atoms with E-state index in [1.54, 1.807) is 49.7 Å². The van der Waals surface area contributed by atoms with Gasteiger partial charge in [-0.15, -0.1) is 0 Å². The Hall–Kier alpha value is -2.75. The molecule has 3 aromatic rings. The molecule has 7 nitrogen and oxygen atoms in total. The lowest BCUT2D eigenvalue weighted by molar-refractivity contribution is 0.279. The maximum absolute atomic E-state index is 13.3. The van der Waals surface area contributed by atoms with Crippen LogP contribution in [0.4, 0.5) is 0 Å². The predicted molar refractivity (Wildman–Crippen MR) is 135 cm³/mol. The lowest BCUT2D eigenvalue weighted by Crippen LogP contribution is -2.30. The Balaban J connectivity index is 1.74. The monoisotopic (exact) mass is 543 g/mol. The lowest BCUT2D eigenvalue weighted by atomic mass is 10.0. The average Bonchev–Trinajstić information content (AvgIpc) is 3.18. The highest BCUT2D eigenvalue weighted by atomic mass is 79.9. The van der Waals surface area contributed by atoms with Gasteiger partial charge in [-0.3, -0.25) is 4.98 Å². The summed E-state index contributed by atoms with van der Waals surface area (Å²) >= 11 is 3.59. The van der Waals surface area contributed by atoms with E-state index in [1.807, 2.05) is 39.0 Å². The van der Waals surface area contributed by atoms with Crippen LogP contribution in [0.15, 0.2) is 75.2 Å². The Kier molecular flexibility index (Phi) is 6.80. The highest BCUT2D eigenvalue weighted by Gasteiger charge is 2.29. The zero-order chi connectivity index (χ0) is 24.5. The number of methoxy groups -OCH3 is 1. The predicted octanol–water partition coefficient (Wildman–Crippen LogP) is 4.78. The lowest BCUT2D eigenvalue weighted by Gasteiger charge is -2.21. The SMILES string of the molecule is COc1ccc(C(NS(=O)(=O)c2ccc(C)cc2)c2ncc(C3=NC(C)(C)CO3)cc2Br)cc1. The zero-order valence-electron chi connectivity index (χ0n) is 19.4. The van der Waals surface area contributed by atoms with Gasteiger partial charge >= 0.3 is 0 Å². The summed E-state index contributed by atoms with van der Waals surface area (Å²) in [4.78, 5) is 9.39. The molecule has 1 unspecified atom stereocenters. The van der Waals surface area contributed by atoms with Crippen molar-refractivity contribution in [3.8, 4) is 5.75 Å². The molecule has 34 heavy (non-hydrogen) atoms. The third-order valence-corrected chi connectivity index (χ3v) is 7.48. The summed E-state index contributed by atoms with van der Waals surface area (Å²) < 4.78 is 41.0. The first-order chi connectivity index (χ1) is 16.1. The normalized spacial score (nSPS) is 16.0. The van der Waals surface area contributed by atoms with Crippen LogP contribution in [0.2, 0.25) is 0 Å². The number of aliphatic imine (C=N–C) groups is 1. The van der Waals surface area contributed by atoms with E-state index in [4.69, 9.17) is 9.47 Å². The van der Waals surface area contributed by atoms with Crippen molar-refractivity contribution in [2.45, 2.75) is 37.2 Å². The third-order valence-electron chi connectivity index (χ3n) is 5.41. The Labute approximate surface area is 208 Å². The first-order valence-electron chi connectivity index (χ1n) is 10.7. The van der Waals surface area contributed by atoms with E-state index in [0.717, 1.165) is 11.1 Å². The second kappa shape index (κ2) is 9.48. The molecule has 4 rings (SSSR count). The van der Waals surface area contributed by atoms with Crippen LogP contribution < -0.4 is 9.46 Å². The second-order valence-corrected chi connectivity index (χ2v) is 11.3. The molecule has 1 N–H and O–H groups in total. The van der Waals surface area contributed by atoms with Crippen molar-refractivity contribution in [1.29, 1.82) is 0 Å². The number of nitrogens with zero attached hydrogens (tertiary/aromatic N) is 2. The van der Waals surface area contributed by atoms with Crippen LogP contribution in [-0.2, 0) is 14.8 Å². The molecule has 2 aromatic carbocycles. The molecule has 1 aliphatic heterocycles. The summed E-state index contributed by atoms with van der Waals surface area (Å²) in [5, 5.41) is 0. The molecule has 0 amide bonds. The number of sulfonamides is 1. The Morgan fingerprint density at radius 1 is 1.12 bits per heavy atom. The maximum Gasteiger partial charge on any atom is 0.241 e. The summed E-state index contributed by atoms with van der Waals surface area (Å²) in [5.41, 5.74) is 2.63. The number of hydrogen-bond acceptors (Lipinski definition) is 6. The quantitative estimate of drug-likeness (QED) is 0.462. The van der Waals surface area contributed by atoms with Gasteiger partial charge in [-0.1, -0.05) is 29.8 Å². The van der Waals surface area contributed by atoms with Gasteiger partial charge in [0.25, 0.3) is 0 Å². The van der Waals surface area contributed by atoms with Gasteiger partial charge in [0.05, 0.1) is 34.8 Å². The van der Waals surface area contributed by atoms with Gasteiger partial charge in [0.1, 0.15) is 12.4 Å². The molecule has 1 aliphatic rings. The fraction of sp³-hybridized carbons (Fsp3) is 0.280. The molecular weight excluding hydrogens is 518 g/mol. The molecule has 0 radical (unpaired) electrons. The smallest absolute Gasteiger partial charge is 0.241 e. The molecule has 1 atom stereocenters. The second-order valence-electron chi connectivity index (χ2n) is 8.75. The molecule has 1 aromatic heterocycles. The molecule has 0 saturated heterocycles. The van der Waals surface area contributed by atoms with E-state index in [1.165, 1.54) is 0 Å². The molecule has 178 valence electrons. The number of aromatic nitrogens is 1. The summed E-state index contributed by atoms with van der Waals surface area (Å²) in [5.74, 6) is 1.19. The number of halogens is 1. The van der Waals surface area contributed by atoms with E-state index >= 15 is 0 Å². The molecule has 0 aliphatic carbocycles. The molecule has 0 bridgehead atoms. The van der Waals surface area contributed by atoms with Crippen LogP contribution in [0.5, 0.6) is 5.75 Å². The molecule has 9 heteroatoms. The first-order valence-corrected chi connectivity index (χ1v) is 13.0. The van der Waals surface area contributed by atoms with E-state index in [0.29, 0.717) is 34.0 Å². The van der Waals surface area contributed by atoms with Crippen molar-refractivity contribution in [3.63, 3.8) is 0 Å². The minimum atomic E-state index is -3.84. The number of ether oxygens (including phenoxy) is 2. The van der Waals surface area contributed by atoms with E-state index in [2.05, 4.69) is 30.6 Å². The van der Waals surface area contributed by atoms with Gasteiger partial charge in [-0.25, -0.2) is 13.4 Å². The van der Waals surface area contributed by atoms with Crippen molar-refractivity contribution in [3.05, 3.63) is 87.7 Å². The van der Waals surface area contributed by atoms with Gasteiger partial charge in [0.2, 0.25) is 15.9 Å². The highest BCUT2D eigenvalue weighted by Crippen LogP contribution is 2.31. The standard InChI is InChI=1S/C25H26BrN3O4S/c1-16-5-11-20(12-6-16)34(30,31)29-22(17-7-9-19(32-4)10-8-17)23-21(26)13-18(14-27-23)24-28-25(2,3)15-33-24/h5-14,22,29H,15H2,1-4H3. The van der Waals surface area contributed by atoms with Gasteiger partial charge in [0.15, 0.2) is 0 Å². The average molecular weight is 544 g/mol. The van der Waals surface area contributed by atoms with Crippen LogP contribution in [0.1, 0.15) is 42.3 Å². The van der Waals surface area contributed by atoms with Crippen LogP contribution in [-0.4, -0.2) is 38.6 Å². The Morgan fingerprint density at radius 3 is 2.35 bits per heavy atom. The minimum absolute atomic E-state index is 0.181. The number of benzene rings is 2. The topological polar surface area (TPSA) is 89.9 Å². The molecule has 0 saturated carbocycles.